The van der Waals surface area contributed by atoms with Gasteiger partial charge in [0.2, 0.25) is 5.91 Å². The van der Waals surface area contributed by atoms with E-state index in [1.165, 1.54) is 70.6 Å². The van der Waals surface area contributed by atoms with Crippen LogP contribution in [-0.4, -0.2) is 57.8 Å². The summed E-state index contributed by atoms with van der Waals surface area (Å²) >= 11 is 0. The predicted molar refractivity (Wildman–Crippen MR) is 122 cm³/mol. The number of ether oxygens (including phenoxy) is 1. The Morgan fingerprint density at radius 1 is 0.724 bits per heavy atom. The fraction of sp³-hybridized carbons (Fsp3) is 0.958. The van der Waals surface area contributed by atoms with Crippen LogP contribution in [0.1, 0.15) is 103 Å². The van der Waals surface area contributed by atoms with E-state index in [1.807, 2.05) is 0 Å². The maximum atomic E-state index is 11.8. The molecule has 0 rings (SSSR count). The monoisotopic (exact) mass is 526 g/mol. The molecule has 0 heterocycles. The van der Waals surface area contributed by atoms with E-state index in [0.717, 1.165) is 50.0 Å². The molecule has 0 saturated carbocycles. The molecular weight excluding hydrogens is 475 g/mol. The summed E-state index contributed by atoms with van der Waals surface area (Å²) in [4.78, 5) is 11.8. The number of nitrogens with zero attached hydrogens (tertiary/aromatic N) is 1. The normalized spacial score (nSPS) is 11.3. The molecule has 0 saturated heterocycles. The summed E-state index contributed by atoms with van der Waals surface area (Å²) in [5.74, 6) is 0.187. The molecule has 0 atom stereocenters. The van der Waals surface area contributed by atoms with Gasteiger partial charge >= 0.3 is 0 Å². The highest BCUT2D eigenvalue weighted by atomic mass is 127. The van der Waals surface area contributed by atoms with Crippen LogP contribution in [0.4, 0.5) is 0 Å². The molecule has 0 unspecified atom stereocenters. The lowest BCUT2D eigenvalue weighted by molar-refractivity contribution is -0.870. The van der Waals surface area contributed by atoms with Gasteiger partial charge < -0.3 is 38.5 Å². The maximum absolute atomic E-state index is 11.8. The number of carbonyl (C=O) groups is 1. The van der Waals surface area contributed by atoms with Crippen molar-refractivity contribution in [2.45, 2.75) is 103 Å². The average Bonchev–Trinajstić information content (AvgIpc) is 2.64. The maximum Gasteiger partial charge on any atom is 0.219 e. The molecule has 0 radical (unpaired) electrons. The van der Waals surface area contributed by atoms with Gasteiger partial charge in [0.25, 0.3) is 0 Å². The first-order valence-electron chi connectivity index (χ1n) is 12.1. The third kappa shape index (κ3) is 28.1. The van der Waals surface area contributed by atoms with E-state index in [1.54, 1.807) is 0 Å². The first-order valence-corrected chi connectivity index (χ1v) is 12.1. The third-order valence-electron chi connectivity index (χ3n) is 5.16. The molecule has 0 aliphatic heterocycles. The minimum absolute atomic E-state index is 0. The van der Waals surface area contributed by atoms with E-state index in [4.69, 9.17) is 4.74 Å². The van der Waals surface area contributed by atoms with Crippen LogP contribution < -0.4 is 29.3 Å². The van der Waals surface area contributed by atoms with Crippen molar-refractivity contribution in [3.63, 3.8) is 0 Å². The summed E-state index contributed by atoms with van der Waals surface area (Å²) in [5.41, 5.74) is 0. The molecule has 0 aliphatic rings. The van der Waals surface area contributed by atoms with Gasteiger partial charge in [-0.2, -0.15) is 0 Å². The first-order chi connectivity index (χ1) is 13.5. The van der Waals surface area contributed by atoms with Gasteiger partial charge in [0.15, 0.2) is 0 Å². The van der Waals surface area contributed by atoms with Crippen molar-refractivity contribution < 1.29 is 38.0 Å². The number of rotatable bonds is 21. The summed E-state index contributed by atoms with van der Waals surface area (Å²) in [5, 5.41) is 3.02. The Balaban J connectivity index is 0. The molecule has 0 aromatic rings. The van der Waals surface area contributed by atoms with Gasteiger partial charge in [-0.15, -0.1) is 0 Å². The molecule has 5 heteroatoms. The van der Waals surface area contributed by atoms with E-state index < -0.39 is 0 Å². The van der Waals surface area contributed by atoms with Crippen LogP contribution in [0.25, 0.3) is 0 Å². The first kappa shape index (κ1) is 31.3. The van der Waals surface area contributed by atoms with Gasteiger partial charge in [0.1, 0.15) is 0 Å². The van der Waals surface area contributed by atoms with Crippen LogP contribution in [0.15, 0.2) is 0 Å². The molecule has 0 spiro atoms. The number of quaternary nitrogens is 1. The zero-order valence-electron chi connectivity index (χ0n) is 20.1. The zero-order valence-corrected chi connectivity index (χ0v) is 22.2. The van der Waals surface area contributed by atoms with Crippen molar-refractivity contribution in [3.05, 3.63) is 0 Å². The lowest BCUT2D eigenvalue weighted by Crippen LogP contribution is -3.00. The van der Waals surface area contributed by atoms with E-state index in [9.17, 15) is 4.79 Å². The Labute approximate surface area is 199 Å². The topological polar surface area (TPSA) is 38.3 Å². The highest BCUT2D eigenvalue weighted by Gasteiger charge is 2.06. The van der Waals surface area contributed by atoms with Gasteiger partial charge in [-0.05, 0) is 19.3 Å². The molecular formula is C24H51IN2O2. The SMILES string of the molecule is CCCCCCCCCCCCCOCCCCC(=O)NCCC[N+](C)(C)C.[I-]. The Bertz CT molecular complexity index is 346. The molecule has 4 nitrogen and oxygen atoms in total. The van der Waals surface area contributed by atoms with Gasteiger partial charge in [0.05, 0.1) is 27.7 Å². The van der Waals surface area contributed by atoms with Crippen molar-refractivity contribution >= 4 is 5.91 Å². The van der Waals surface area contributed by atoms with Crippen molar-refractivity contribution in [2.24, 2.45) is 0 Å². The number of nitrogens with one attached hydrogen (secondary N) is 1. The minimum atomic E-state index is 0. The molecule has 0 aromatic carbocycles. The second-order valence-corrected chi connectivity index (χ2v) is 9.32. The standard InChI is InChI=1S/C24H50N2O2.HI/c1-5-6-7-8-9-10-11-12-13-14-16-22-28-23-17-15-19-24(27)25-20-18-21-26(2,3)4;/h5-23H2,1-4H3;1H. The van der Waals surface area contributed by atoms with E-state index >= 15 is 0 Å². The number of carbonyl (C=O) groups excluding carboxylic acids is 1. The van der Waals surface area contributed by atoms with Gasteiger partial charge in [-0.1, -0.05) is 71.1 Å². The number of hydrogen-bond acceptors (Lipinski definition) is 2. The second kappa shape index (κ2) is 22.8. The summed E-state index contributed by atoms with van der Waals surface area (Å²) in [6, 6.07) is 0. The molecule has 0 fully saturated rings. The molecule has 0 aromatic heterocycles. The quantitative estimate of drug-likeness (QED) is 0.142. The average molecular weight is 527 g/mol. The Morgan fingerprint density at radius 2 is 1.21 bits per heavy atom. The minimum Gasteiger partial charge on any atom is -1.00 e. The van der Waals surface area contributed by atoms with Crippen LogP contribution in [0.5, 0.6) is 0 Å². The molecule has 1 amide bonds. The number of hydrogen-bond donors (Lipinski definition) is 1. The summed E-state index contributed by atoms with van der Waals surface area (Å²) in [7, 11) is 6.54. The van der Waals surface area contributed by atoms with Gasteiger partial charge in [-0.3, -0.25) is 4.79 Å². The van der Waals surface area contributed by atoms with Gasteiger partial charge in [-0.25, -0.2) is 0 Å². The van der Waals surface area contributed by atoms with Crippen LogP contribution in [0.3, 0.4) is 0 Å². The highest BCUT2D eigenvalue weighted by molar-refractivity contribution is 5.75. The third-order valence-corrected chi connectivity index (χ3v) is 5.16. The van der Waals surface area contributed by atoms with Crippen LogP contribution in [0.2, 0.25) is 0 Å². The number of unbranched alkanes of at least 4 members (excludes halogenated alkanes) is 11. The van der Waals surface area contributed by atoms with Crippen LogP contribution in [0, 0.1) is 0 Å². The smallest absolute Gasteiger partial charge is 0.219 e. The second-order valence-electron chi connectivity index (χ2n) is 9.32. The molecule has 1 N–H and O–H groups in total. The Hall–Kier alpha value is 0.120. The fourth-order valence-electron chi connectivity index (χ4n) is 3.33. The highest BCUT2D eigenvalue weighted by Crippen LogP contribution is 2.11. The van der Waals surface area contributed by atoms with E-state index in [0.29, 0.717) is 6.42 Å². The Morgan fingerprint density at radius 3 is 1.72 bits per heavy atom. The molecule has 29 heavy (non-hydrogen) atoms. The van der Waals surface area contributed by atoms with E-state index in [2.05, 4.69) is 33.4 Å². The fourth-order valence-corrected chi connectivity index (χ4v) is 3.33. The van der Waals surface area contributed by atoms with Crippen molar-refractivity contribution in [1.29, 1.82) is 0 Å². The summed E-state index contributed by atoms with van der Waals surface area (Å²) in [6.45, 7) is 5.84. The molecule has 0 bridgehead atoms. The lowest BCUT2D eigenvalue weighted by Gasteiger charge is -2.23. The van der Waals surface area contributed by atoms with Crippen molar-refractivity contribution in [1.82, 2.24) is 5.32 Å². The van der Waals surface area contributed by atoms with Crippen molar-refractivity contribution in [2.75, 3.05) is 47.4 Å². The Kier molecular flexibility index (Phi) is 24.6. The summed E-state index contributed by atoms with van der Waals surface area (Å²) < 4.78 is 6.65. The van der Waals surface area contributed by atoms with E-state index in [-0.39, 0.29) is 29.9 Å². The largest absolute Gasteiger partial charge is 1.00 e. The van der Waals surface area contributed by atoms with Crippen molar-refractivity contribution in [3.8, 4) is 0 Å². The lowest BCUT2D eigenvalue weighted by atomic mass is 10.1. The zero-order chi connectivity index (χ0) is 20.9. The molecule has 176 valence electrons. The summed E-state index contributed by atoms with van der Waals surface area (Å²) in [6.07, 6.45) is 18.7. The molecule has 0 aliphatic carbocycles. The number of amides is 1. The van der Waals surface area contributed by atoms with Crippen LogP contribution in [-0.2, 0) is 9.53 Å². The van der Waals surface area contributed by atoms with Gasteiger partial charge in [0, 0.05) is 32.6 Å². The predicted octanol–water partition coefficient (Wildman–Crippen LogP) is 2.70. The van der Waals surface area contributed by atoms with Crippen LogP contribution >= 0.6 is 0 Å². The number of halogens is 1.